The molecular weight excluding hydrogens is 216 g/mol. The molecule has 1 aromatic rings. The van der Waals surface area contributed by atoms with Gasteiger partial charge in [0, 0.05) is 5.69 Å². The number of rotatable bonds is 1. The summed E-state index contributed by atoms with van der Waals surface area (Å²) in [6, 6.07) is 6.25. The number of imide groups is 1. The van der Waals surface area contributed by atoms with Gasteiger partial charge in [0.05, 0.1) is 13.1 Å². The van der Waals surface area contributed by atoms with Crippen molar-refractivity contribution >= 4 is 17.5 Å². The average molecular weight is 230 g/mol. The smallest absolute Gasteiger partial charge is 0.246 e. The molecular formula is C13H14N2O2. The van der Waals surface area contributed by atoms with Crippen LogP contribution in [-0.4, -0.2) is 24.9 Å². The number of piperazine rings is 1. The molecule has 4 heteroatoms. The fourth-order valence-corrected chi connectivity index (χ4v) is 2.57. The van der Waals surface area contributed by atoms with Gasteiger partial charge in [0.1, 0.15) is 0 Å². The summed E-state index contributed by atoms with van der Waals surface area (Å²) in [5.74, 6) is -0.441. The molecule has 0 aromatic heterocycles. The van der Waals surface area contributed by atoms with Crippen LogP contribution in [0.1, 0.15) is 17.5 Å². The Kier molecular flexibility index (Phi) is 2.35. The van der Waals surface area contributed by atoms with Gasteiger partial charge in [-0.2, -0.15) is 0 Å². The Morgan fingerprint density at radius 3 is 2.47 bits per heavy atom. The Morgan fingerprint density at radius 1 is 1.00 bits per heavy atom. The molecule has 1 aliphatic heterocycles. The minimum absolute atomic E-state index is 0.221. The molecule has 1 aliphatic carbocycles. The highest BCUT2D eigenvalue weighted by Gasteiger charge is 2.23. The third-order valence-electron chi connectivity index (χ3n) is 3.39. The van der Waals surface area contributed by atoms with E-state index in [1.54, 1.807) is 0 Å². The molecule has 1 fully saturated rings. The van der Waals surface area contributed by atoms with Gasteiger partial charge in [-0.05, 0) is 42.5 Å². The number of amides is 2. The number of aryl methyl sites for hydroxylation is 2. The second-order valence-electron chi connectivity index (χ2n) is 4.63. The van der Waals surface area contributed by atoms with Crippen LogP contribution in [0.5, 0.6) is 0 Å². The van der Waals surface area contributed by atoms with Gasteiger partial charge >= 0.3 is 0 Å². The maximum Gasteiger partial charge on any atom is 0.246 e. The lowest BCUT2D eigenvalue weighted by Crippen LogP contribution is -2.51. The number of nitrogens with zero attached hydrogens (tertiary/aromatic N) is 1. The summed E-state index contributed by atoms with van der Waals surface area (Å²) in [6.07, 6.45) is 3.46. The molecule has 4 nitrogen and oxygen atoms in total. The van der Waals surface area contributed by atoms with E-state index < -0.39 is 0 Å². The van der Waals surface area contributed by atoms with Crippen molar-refractivity contribution in [1.29, 1.82) is 0 Å². The monoisotopic (exact) mass is 230 g/mol. The van der Waals surface area contributed by atoms with Gasteiger partial charge in [-0.25, -0.2) is 0 Å². The number of anilines is 1. The second kappa shape index (κ2) is 3.87. The van der Waals surface area contributed by atoms with E-state index >= 15 is 0 Å². The van der Waals surface area contributed by atoms with Crippen molar-refractivity contribution in [3.8, 4) is 0 Å². The van der Waals surface area contributed by atoms with Gasteiger partial charge in [0.15, 0.2) is 0 Å². The van der Waals surface area contributed by atoms with E-state index in [1.807, 2.05) is 11.0 Å². The fraction of sp³-hybridized carbons (Fsp3) is 0.385. The van der Waals surface area contributed by atoms with E-state index in [1.165, 1.54) is 17.5 Å². The minimum atomic E-state index is -0.221. The lowest BCUT2D eigenvalue weighted by atomic mass is 10.1. The van der Waals surface area contributed by atoms with Crippen molar-refractivity contribution in [2.24, 2.45) is 0 Å². The van der Waals surface area contributed by atoms with Crippen LogP contribution >= 0.6 is 0 Å². The zero-order valence-corrected chi connectivity index (χ0v) is 9.53. The van der Waals surface area contributed by atoms with E-state index in [2.05, 4.69) is 17.4 Å². The van der Waals surface area contributed by atoms with Crippen LogP contribution in [0, 0.1) is 0 Å². The normalized spacial score (nSPS) is 19.2. The predicted octanol–water partition coefficient (Wildman–Crippen LogP) is 0.638. The van der Waals surface area contributed by atoms with E-state index in [4.69, 9.17) is 0 Å². The van der Waals surface area contributed by atoms with E-state index in [0.29, 0.717) is 0 Å². The zero-order chi connectivity index (χ0) is 11.8. The van der Waals surface area contributed by atoms with Gasteiger partial charge in [-0.1, -0.05) is 6.07 Å². The van der Waals surface area contributed by atoms with E-state index in [0.717, 1.165) is 18.5 Å². The first-order chi connectivity index (χ1) is 8.22. The Hall–Kier alpha value is -1.84. The van der Waals surface area contributed by atoms with Crippen LogP contribution in [0.15, 0.2) is 18.2 Å². The summed E-state index contributed by atoms with van der Waals surface area (Å²) < 4.78 is 0. The number of hydrogen-bond donors (Lipinski definition) is 1. The summed E-state index contributed by atoms with van der Waals surface area (Å²) in [5, 5.41) is 2.31. The summed E-state index contributed by atoms with van der Waals surface area (Å²) in [7, 11) is 0. The molecule has 0 radical (unpaired) electrons. The number of benzene rings is 1. The molecule has 1 heterocycles. The van der Waals surface area contributed by atoms with Gasteiger partial charge in [-0.3, -0.25) is 14.9 Å². The highest BCUT2D eigenvalue weighted by Crippen LogP contribution is 2.27. The third kappa shape index (κ3) is 1.90. The Balaban J connectivity index is 1.88. The standard InChI is InChI=1S/C13H14N2O2/c16-12-7-15(8-13(17)14-12)11-5-4-9-2-1-3-10(9)6-11/h4-6H,1-3,7-8H2,(H,14,16,17). The zero-order valence-electron chi connectivity index (χ0n) is 9.53. The molecule has 2 aliphatic rings. The summed E-state index contributed by atoms with van der Waals surface area (Å²) >= 11 is 0. The SMILES string of the molecule is O=C1CN(c2ccc3c(c2)CCC3)CC(=O)N1. The molecule has 1 aromatic carbocycles. The number of hydrogen-bond acceptors (Lipinski definition) is 3. The van der Waals surface area contributed by atoms with Crippen molar-refractivity contribution in [2.75, 3.05) is 18.0 Å². The number of nitrogens with one attached hydrogen (secondary N) is 1. The van der Waals surface area contributed by atoms with Crippen LogP contribution in [-0.2, 0) is 22.4 Å². The minimum Gasteiger partial charge on any atom is -0.353 e. The Labute approximate surface area is 99.6 Å². The van der Waals surface area contributed by atoms with Crippen molar-refractivity contribution < 1.29 is 9.59 Å². The molecule has 17 heavy (non-hydrogen) atoms. The molecule has 88 valence electrons. The molecule has 3 rings (SSSR count). The molecule has 1 saturated heterocycles. The van der Waals surface area contributed by atoms with Gasteiger partial charge in [0.2, 0.25) is 11.8 Å². The largest absolute Gasteiger partial charge is 0.353 e. The maximum absolute atomic E-state index is 11.3. The molecule has 0 saturated carbocycles. The summed E-state index contributed by atoms with van der Waals surface area (Å²) in [4.78, 5) is 24.5. The van der Waals surface area contributed by atoms with Gasteiger partial charge < -0.3 is 4.90 Å². The van der Waals surface area contributed by atoms with Crippen molar-refractivity contribution in [1.82, 2.24) is 5.32 Å². The summed E-state index contributed by atoms with van der Waals surface area (Å²) in [5.41, 5.74) is 3.75. The van der Waals surface area contributed by atoms with Crippen LogP contribution < -0.4 is 10.2 Å². The van der Waals surface area contributed by atoms with E-state index in [9.17, 15) is 9.59 Å². The van der Waals surface area contributed by atoms with Crippen LogP contribution in [0.4, 0.5) is 5.69 Å². The van der Waals surface area contributed by atoms with Crippen molar-refractivity contribution in [3.05, 3.63) is 29.3 Å². The maximum atomic E-state index is 11.3. The van der Waals surface area contributed by atoms with Crippen LogP contribution in [0.25, 0.3) is 0 Å². The number of carbonyl (C=O) groups excluding carboxylic acids is 2. The molecule has 0 unspecified atom stereocenters. The van der Waals surface area contributed by atoms with Gasteiger partial charge in [0.25, 0.3) is 0 Å². The highest BCUT2D eigenvalue weighted by atomic mass is 16.2. The topological polar surface area (TPSA) is 49.4 Å². The average Bonchev–Trinajstić information content (AvgIpc) is 2.74. The van der Waals surface area contributed by atoms with Crippen LogP contribution in [0.2, 0.25) is 0 Å². The van der Waals surface area contributed by atoms with Crippen molar-refractivity contribution in [2.45, 2.75) is 19.3 Å². The first kappa shape index (κ1) is 10.3. The first-order valence-electron chi connectivity index (χ1n) is 5.92. The predicted molar refractivity (Wildman–Crippen MR) is 63.8 cm³/mol. The van der Waals surface area contributed by atoms with E-state index in [-0.39, 0.29) is 24.9 Å². The quantitative estimate of drug-likeness (QED) is 0.720. The number of fused-ring (bicyclic) bond motifs is 1. The molecule has 1 N–H and O–H groups in total. The summed E-state index contributed by atoms with van der Waals surface area (Å²) in [6.45, 7) is 0.537. The number of carbonyl (C=O) groups is 2. The first-order valence-corrected chi connectivity index (χ1v) is 5.92. The molecule has 2 amide bonds. The molecule has 0 spiro atoms. The molecule has 0 bridgehead atoms. The molecule has 0 atom stereocenters. The third-order valence-corrected chi connectivity index (χ3v) is 3.39. The fourth-order valence-electron chi connectivity index (χ4n) is 2.57. The van der Waals surface area contributed by atoms with Crippen LogP contribution in [0.3, 0.4) is 0 Å². The van der Waals surface area contributed by atoms with Crippen molar-refractivity contribution in [3.63, 3.8) is 0 Å². The lowest BCUT2D eigenvalue weighted by Gasteiger charge is -2.27. The Bertz CT molecular complexity index is 480. The van der Waals surface area contributed by atoms with Gasteiger partial charge in [-0.15, -0.1) is 0 Å². The highest BCUT2D eigenvalue weighted by molar-refractivity contribution is 6.02. The Morgan fingerprint density at radius 2 is 1.71 bits per heavy atom. The second-order valence-corrected chi connectivity index (χ2v) is 4.63. The lowest BCUT2D eigenvalue weighted by molar-refractivity contribution is -0.130.